The van der Waals surface area contributed by atoms with Crippen molar-refractivity contribution in [3.05, 3.63) is 0 Å². The molecule has 0 aromatic heterocycles. The van der Waals surface area contributed by atoms with E-state index in [0.29, 0.717) is 11.5 Å². The Hall–Kier alpha value is -0.120. The van der Waals surface area contributed by atoms with Gasteiger partial charge in [0.15, 0.2) is 0 Å². The van der Waals surface area contributed by atoms with Gasteiger partial charge >= 0.3 is 0 Å². The second-order valence-electron chi connectivity index (χ2n) is 7.52. The molecule has 0 radical (unpaired) electrons. The molecule has 1 aliphatic carbocycles. The molecular weight excluding hydrogens is 236 g/mol. The molecule has 2 fully saturated rings. The summed E-state index contributed by atoms with van der Waals surface area (Å²) in [6.45, 7) is 11.0. The summed E-state index contributed by atoms with van der Waals surface area (Å²) in [5, 5.41) is 13.7. The van der Waals surface area contributed by atoms with E-state index in [1.165, 1.54) is 32.2 Å². The smallest absolute Gasteiger partial charge is 0.0644 e. The monoisotopic (exact) mass is 268 g/mol. The lowest BCUT2D eigenvalue weighted by Crippen LogP contribution is -2.49. The zero-order valence-electron chi connectivity index (χ0n) is 13.0. The Kier molecular flexibility index (Phi) is 4.91. The van der Waals surface area contributed by atoms with Crippen molar-refractivity contribution in [2.45, 2.75) is 70.9 Å². The highest BCUT2D eigenvalue weighted by Crippen LogP contribution is 2.39. The Balaban J connectivity index is 1.87. The summed E-state index contributed by atoms with van der Waals surface area (Å²) in [6, 6.07) is 0.583. The van der Waals surface area contributed by atoms with Crippen LogP contribution in [0, 0.1) is 5.41 Å². The average Bonchev–Trinajstić information content (AvgIpc) is 2.79. The molecule has 1 saturated carbocycles. The third-order valence-corrected chi connectivity index (χ3v) is 5.04. The molecule has 1 heterocycles. The number of likely N-dealkylation sites (tertiary alicyclic amines) is 1. The van der Waals surface area contributed by atoms with Crippen molar-refractivity contribution >= 4 is 0 Å². The van der Waals surface area contributed by atoms with E-state index in [2.05, 4.69) is 24.1 Å². The molecule has 1 aliphatic heterocycles. The minimum Gasteiger partial charge on any atom is -0.390 e. The van der Waals surface area contributed by atoms with Crippen LogP contribution < -0.4 is 5.32 Å². The van der Waals surface area contributed by atoms with Crippen LogP contribution in [-0.4, -0.2) is 47.8 Å². The standard InChI is InChI=1S/C16H32N2O/c1-14(2)17-12-16(6-4-5-7-16)13-18-10-8-15(3,19)9-11-18/h14,17,19H,4-13H2,1-3H3. The van der Waals surface area contributed by atoms with E-state index in [9.17, 15) is 5.11 Å². The van der Waals surface area contributed by atoms with Crippen LogP contribution in [0.1, 0.15) is 59.3 Å². The summed E-state index contributed by atoms with van der Waals surface area (Å²) in [5.74, 6) is 0. The van der Waals surface area contributed by atoms with E-state index in [0.717, 1.165) is 32.5 Å². The molecule has 3 nitrogen and oxygen atoms in total. The predicted octanol–water partition coefficient (Wildman–Crippen LogP) is 2.39. The Bertz CT molecular complexity index is 272. The van der Waals surface area contributed by atoms with Crippen molar-refractivity contribution in [2.75, 3.05) is 26.2 Å². The molecule has 0 unspecified atom stereocenters. The maximum absolute atomic E-state index is 10.1. The topological polar surface area (TPSA) is 35.5 Å². The summed E-state index contributed by atoms with van der Waals surface area (Å²) in [4.78, 5) is 2.59. The summed E-state index contributed by atoms with van der Waals surface area (Å²) in [7, 11) is 0. The predicted molar refractivity (Wildman–Crippen MR) is 80.3 cm³/mol. The van der Waals surface area contributed by atoms with Gasteiger partial charge in [0, 0.05) is 32.2 Å². The van der Waals surface area contributed by atoms with Crippen LogP contribution in [0.25, 0.3) is 0 Å². The van der Waals surface area contributed by atoms with Gasteiger partial charge in [0.1, 0.15) is 0 Å². The van der Waals surface area contributed by atoms with Crippen molar-refractivity contribution in [3.63, 3.8) is 0 Å². The number of rotatable bonds is 5. The third kappa shape index (κ3) is 4.44. The Morgan fingerprint density at radius 3 is 2.21 bits per heavy atom. The summed E-state index contributed by atoms with van der Waals surface area (Å²) in [6.07, 6.45) is 7.40. The largest absolute Gasteiger partial charge is 0.390 e. The number of hydrogen-bond acceptors (Lipinski definition) is 3. The zero-order valence-corrected chi connectivity index (χ0v) is 13.0. The molecule has 1 saturated heterocycles. The average molecular weight is 268 g/mol. The fourth-order valence-corrected chi connectivity index (χ4v) is 3.60. The molecule has 2 N–H and O–H groups in total. The first kappa shape index (κ1) is 15.3. The van der Waals surface area contributed by atoms with Crippen LogP contribution in [0.5, 0.6) is 0 Å². The fourth-order valence-electron chi connectivity index (χ4n) is 3.60. The quantitative estimate of drug-likeness (QED) is 0.803. The molecule has 0 aromatic carbocycles. The van der Waals surface area contributed by atoms with Crippen LogP contribution >= 0.6 is 0 Å². The summed E-state index contributed by atoms with van der Waals surface area (Å²) in [5.41, 5.74) is 0.0724. The van der Waals surface area contributed by atoms with Gasteiger partial charge in [0.05, 0.1) is 5.60 Å². The molecule has 0 aromatic rings. The number of piperidine rings is 1. The lowest BCUT2D eigenvalue weighted by atomic mass is 9.83. The first-order chi connectivity index (χ1) is 8.91. The molecule has 2 rings (SSSR count). The highest BCUT2D eigenvalue weighted by Gasteiger charge is 2.37. The van der Waals surface area contributed by atoms with Gasteiger partial charge in [-0.3, -0.25) is 0 Å². The van der Waals surface area contributed by atoms with Crippen LogP contribution in [0.4, 0.5) is 0 Å². The first-order valence-corrected chi connectivity index (χ1v) is 8.09. The van der Waals surface area contributed by atoms with Crippen molar-refractivity contribution < 1.29 is 5.11 Å². The molecule has 3 heteroatoms. The molecular formula is C16H32N2O. The number of hydrogen-bond donors (Lipinski definition) is 2. The highest BCUT2D eigenvalue weighted by molar-refractivity contribution is 4.92. The van der Waals surface area contributed by atoms with Gasteiger partial charge < -0.3 is 15.3 Å². The van der Waals surface area contributed by atoms with E-state index < -0.39 is 5.60 Å². The van der Waals surface area contributed by atoms with Crippen molar-refractivity contribution in [1.82, 2.24) is 10.2 Å². The van der Waals surface area contributed by atoms with Crippen molar-refractivity contribution in [1.29, 1.82) is 0 Å². The summed E-state index contributed by atoms with van der Waals surface area (Å²) < 4.78 is 0. The van der Waals surface area contributed by atoms with Gasteiger partial charge in [-0.05, 0) is 38.0 Å². The zero-order chi connectivity index (χ0) is 13.9. The molecule has 19 heavy (non-hydrogen) atoms. The van der Waals surface area contributed by atoms with Crippen molar-refractivity contribution in [3.8, 4) is 0 Å². The van der Waals surface area contributed by atoms with Gasteiger partial charge in [-0.25, -0.2) is 0 Å². The van der Waals surface area contributed by atoms with Gasteiger partial charge in [0.2, 0.25) is 0 Å². The van der Waals surface area contributed by atoms with Gasteiger partial charge in [0.25, 0.3) is 0 Å². The van der Waals surface area contributed by atoms with E-state index >= 15 is 0 Å². The Morgan fingerprint density at radius 2 is 1.68 bits per heavy atom. The lowest BCUT2D eigenvalue weighted by Gasteiger charge is -2.41. The normalized spacial score (nSPS) is 27.0. The molecule has 0 spiro atoms. The second kappa shape index (κ2) is 6.11. The van der Waals surface area contributed by atoms with Crippen LogP contribution in [0.15, 0.2) is 0 Å². The Labute approximate surface area is 118 Å². The second-order valence-corrected chi connectivity index (χ2v) is 7.52. The van der Waals surface area contributed by atoms with Gasteiger partial charge in [-0.2, -0.15) is 0 Å². The minimum atomic E-state index is -0.421. The van der Waals surface area contributed by atoms with Crippen molar-refractivity contribution in [2.24, 2.45) is 5.41 Å². The van der Waals surface area contributed by atoms with E-state index in [4.69, 9.17) is 0 Å². The number of aliphatic hydroxyl groups is 1. The molecule has 112 valence electrons. The van der Waals surface area contributed by atoms with E-state index in [1.54, 1.807) is 0 Å². The third-order valence-electron chi connectivity index (χ3n) is 5.04. The van der Waals surface area contributed by atoms with Gasteiger partial charge in [-0.1, -0.05) is 26.7 Å². The molecule has 2 aliphatic rings. The Morgan fingerprint density at radius 1 is 1.11 bits per heavy atom. The van der Waals surface area contributed by atoms with E-state index in [1.807, 2.05) is 6.92 Å². The summed E-state index contributed by atoms with van der Waals surface area (Å²) >= 11 is 0. The van der Waals surface area contributed by atoms with Gasteiger partial charge in [-0.15, -0.1) is 0 Å². The lowest BCUT2D eigenvalue weighted by molar-refractivity contribution is -0.0157. The first-order valence-electron chi connectivity index (χ1n) is 8.09. The van der Waals surface area contributed by atoms with E-state index in [-0.39, 0.29) is 0 Å². The van der Waals surface area contributed by atoms with Crippen LogP contribution in [0.3, 0.4) is 0 Å². The molecule has 0 amide bonds. The highest BCUT2D eigenvalue weighted by atomic mass is 16.3. The SMILES string of the molecule is CC(C)NCC1(CN2CCC(C)(O)CC2)CCCC1. The fraction of sp³-hybridized carbons (Fsp3) is 1.00. The number of nitrogens with one attached hydrogen (secondary N) is 1. The molecule has 0 atom stereocenters. The van der Waals surface area contributed by atoms with Crippen LogP contribution in [0.2, 0.25) is 0 Å². The molecule has 0 bridgehead atoms. The minimum absolute atomic E-state index is 0.421. The maximum atomic E-state index is 10.1. The maximum Gasteiger partial charge on any atom is 0.0644 e. The number of nitrogens with zero attached hydrogens (tertiary/aromatic N) is 1. The van der Waals surface area contributed by atoms with Crippen LogP contribution in [-0.2, 0) is 0 Å².